The summed E-state index contributed by atoms with van der Waals surface area (Å²) < 4.78 is 146. The van der Waals surface area contributed by atoms with Gasteiger partial charge in [0.25, 0.3) is 26.1 Å². The molecule has 0 fully saturated rings. The Kier molecular flexibility index (Phi) is 11.0. The molecule has 0 unspecified atom stereocenters. The first-order valence-electron chi connectivity index (χ1n) is 21.5. The van der Waals surface area contributed by atoms with Crippen LogP contribution in [0.3, 0.4) is 0 Å². The van der Waals surface area contributed by atoms with E-state index in [1.807, 2.05) is 37.2 Å². The number of benzene rings is 3. The van der Waals surface area contributed by atoms with Crippen molar-refractivity contribution < 1.29 is 72.9 Å². The van der Waals surface area contributed by atoms with Crippen LogP contribution in [0.1, 0.15) is 90.7 Å². The normalized spacial score (nSPS) is 17.5. The lowest BCUT2D eigenvalue weighted by atomic mass is 9.78. The van der Waals surface area contributed by atoms with Gasteiger partial charge in [-0.2, -0.15) is 16.8 Å². The number of hydrogen-bond donors (Lipinski definition) is 4. The van der Waals surface area contributed by atoms with Crippen LogP contribution in [0.4, 0.5) is 23.2 Å². The van der Waals surface area contributed by atoms with Gasteiger partial charge in [0.15, 0.2) is 28.8 Å². The molecule has 360 valence electrons. The molecule has 0 spiro atoms. The highest BCUT2D eigenvalue weighted by Gasteiger charge is 2.45. The number of carbonyl (C=O) groups is 2. The summed E-state index contributed by atoms with van der Waals surface area (Å²) in [6.45, 7) is 7.71. The van der Waals surface area contributed by atoms with Crippen LogP contribution in [0.25, 0.3) is 16.7 Å². The summed E-state index contributed by atoms with van der Waals surface area (Å²) in [5.74, 6) is -14.3. The van der Waals surface area contributed by atoms with E-state index in [1.165, 1.54) is 12.1 Å². The van der Waals surface area contributed by atoms with Crippen molar-refractivity contribution in [1.29, 1.82) is 0 Å². The largest absolute Gasteiger partial charge is 0.492 e. The number of ether oxygens (including phenoxy) is 1. The number of aromatic hydroxyl groups is 2. The second kappa shape index (κ2) is 15.9. The lowest BCUT2D eigenvalue weighted by Gasteiger charge is -2.47. The van der Waals surface area contributed by atoms with E-state index in [4.69, 9.17) is 9.57 Å². The minimum Gasteiger partial charge on any atom is -0.492 e. The number of aromatic nitrogens is 1. The summed E-state index contributed by atoms with van der Waals surface area (Å²) in [6, 6.07) is 4.83. The molecule has 4 N–H and O–H groups in total. The lowest BCUT2D eigenvalue weighted by molar-refractivity contribution is -0.145. The predicted molar refractivity (Wildman–Crippen MR) is 238 cm³/mol. The predicted octanol–water partition coefficient (Wildman–Crippen LogP) is 4.24. The van der Waals surface area contributed by atoms with Crippen molar-refractivity contribution in [3.05, 3.63) is 109 Å². The van der Waals surface area contributed by atoms with Crippen LogP contribution in [-0.2, 0) is 37.9 Å². The molecule has 68 heavy (non-hydrogen) atoms. The zero-order valence-corrected chi connectivity index (χ0v) is 38.8. The molecule has 0 saturated carbocycles. The monoisotopic (exact) mass is 985 g/mol. The Balaban J connectivity index is 1.37. The first-order chi connectivity index (χ1) is 31.7. The van der Waals surface area contributed by atoms with Crippen molar-refractivity contribution in [2.75, 3.05) is 43.1 Å². The number of hydrogen-bond acceptors (Lipinski definition) is 11. The highest BCUT2D eigenvalue weighted by Crippen LogP contribution is 2.53. The van der Waals surface area contributed by atoms with Gasteiger partial charge in [-0.1, -0.05) is 6.08 Å². The zero-order chi connectivity index (χ0) is 49.3. The van der Waals surface area contributed by atoms with Crippen molar-refractivity contribution in [1.82, 2.24) is 14.2 Å². The zero-order valence-electron chi connectivity index (χ0n) is 37.2. The second-order valence-electron chi connectivity index (χ2n) is 18.6. The molecule has 0 bridgehead atoms. The fourth-order valence-electron chi connectivity index (χ4n) is 10.4. The third kappa shape index (κ3) is 7.70. The first-order valence-corrected chi connectivity index (χ1v) is 24.7. The molecule has 1 aromatic heterocycles. The third-order valence-electron chi connectivity index (χ3n) is 13.1. The molecule has 0 radical (unpaired) electrons. The van der Waals surface area contributed by atoms with E-state index in [2.05, 4.69) is 0 Å². The maximum Gasteiger partial charge on any atom is 0.335 e. The summed E-state index contributed by atoms with van der Waals surface area (Å²) >= 11 is 0. The van der Waals surface area contributed by atoms with Crippen LogP contribution < -0.4 is 29.6 Å². The van der Waals surface area contributed by atoms with E-state index < -0.39 is 119 Å². The van der Waals surface area contributed by atoms with Gasteiger partial charge in [0.2, 0.25) is 17.1 Å². The first kappa shape index (κ1) is 46.9. The van der Waals surface area contributed by atoms with Gasteiger partial charge in [0.1, 0.15) is 29.5 Å². The van der Waals surface area contributed by atoms with Gasteiger partial charge in [-0.05, 0) is 62.5 Å². The summed E-state index contributed by atoms with van der Waals surface area (Å²) in [4.78, 5) is 35.1. The standard InChI is InChI=1S/C46H44F4N4O12S2/c1-45(2)18-22(20-67(59,60)61)26-16-28-33(34-35(37(48)39(50)38(49)36(34)47)44(58)51(5)15-12-32(57)66-54-30(55)10-11-31(54)56)29-17-27-23(21-68(62,63)64)19-46(3,4)53-14-7-9-25(41(27)53)43(29)65-42(28)24-8-6-13-52(45)40(24)26/h10-11,16-19H,6-9,12-15,20-21H2,1-5H3,(H3,58,59,60,61,62,63,64)/p+1. The van der Waals surface area contributed by atoms with E-state index in [0.717, 1.165) is 19.2 Å². The quantitative estimate of drug-likeness (QED) is 0.0507. The van der Waals surface area contributed by atoms with Gasteiger partial charge in [-0.3, -0.25) is 13.9 Å². The molecule has 0 aliphatic carbocycles. The summed E-state index contributed by atoms with van der Waals surface area (Å²) in [5.41, 5.74) is -2.54. The van der Waals surface area contributed by atoms with Crippen LogP contribution in [0.2, 0.25) is 0 Å². The van der Waals surface area contributed by atoms with Gasteiger partial charge in [0, 0.05) is 85.6 Å². The van der Waals surface area contributed by atoms with Crippen molar-refractivity contribution in [2.45, 2.75) is 70.9 Å². The Morgan fingerprint density at radius 1 is 0.824 bits per heavy atom. The average molecular weight is 986 g/mol. The number of fused-ring (bicyclic) bond motifs is 4. The highest BCUT2D eigenvalue weighted by atomic mass is 32.2. The van der Waals surface area contributed by atoms with Crippen LogP contribution in [0, 0.1) is 23.3 Å². The van der Waals surface area contributed by atoms with Gasteiger partial charge in [-0.25, -0.2) is 26.9 Å². The minimum absolute atomic E-state index is 0.0486. The molecular formula is C46H45F4N4O12S2+. The Morgan fingerprint density at radius 3 is 2.09 bits per heavy atom. The molecule has 16 nitrogen and oxygen atoms in total. The molecule has 22 heteroatoms. The Bertz CT molecular complexity index is 3380. The number of anilines is 1. The maximum atomic E-state index is 17.3. The second-order valence-corrected chi connectivity index (χ2v) is 21.5. The molecule has 5 aliphatic rings. The molecule has 6 heterocycles. The molecule has 5 aliphatic heterocycles. The van der Waals surface area contributed by atoms with Crippen LogP contribution in [-0.4, -0.2) is 107 Å². The van der Waals surface area contributed by atoms with Gasteiger partial charge in [-0.15, -0.1) is 4.73 Å². The molecule has 4 aromatic rings. The summed E-state index contributed by atoms with van der Waals surface area (Å²) in [6.07, 6.45) is 4.16. The van der Waals surface area contributed by atoms with E-state index >= 15 is 17.6 Å². The van der Waals surface area contributed by atoms with Crippen molar-refractivity contribution in [3.63, 3.8) is 0 Å². The highest BCUT2D eigenvalue weighted by molar-refractivity contribution is 7.86. The van der Waals surface area contributed by atoms with E-state index in [1.54, 1.807) is 12.2 Å². The summed E-state index contributed by atoms with van der Waals surface area (Å²) in [5, 5.41) is 20.2. The van der Waals surface area contributed by atoms with E-state index in [-0.39, 0.29) is 57.4 Å². The minimum atomic E-state index is -4.72. The summed E-state index contributed by atoms with van der Waals surface area (Å²) in [7, 11) is -8.37. The van der Waals surface area contributed by atoms with Gasteiger partial charge >= 0.3 is 5.97 Å². The molecule has 3 aromatic carbocycles. The van der Waals surface area contributed by atoms with Crippen LogP contribution in [0.5, 0.6) is 23.3 Å². The number of rotatable bonds is 10. The van der Waals surface area contributed by atoms with Crippen LogP contribution in [0.15, 0.2) is 36.4 Å². The van der Waals surface area contributed by atoms with E-state index in [9.17, 15) is 45.7 Å². The van der Waals surface area contributed by atoms with Gasteiger partial charge in [0.05, 0.1) is 34.3 Å². The number of carbonyl (C=O) groups excluding carboxylic acids is 2. The van der Waals surface area contributed by atoms with E-state index in [0.29, 0.717) is 57.7 Å². The van der Waals surface area contributed by atoms with Crippen LogP contribution >= 0.6 is 0 Å². The van der Waals surface area contributed by atoms with Crippen molar-refractivity contribution in [2.24, 2.45) is 0 Å². The Morgan fingerprint density at radius 2 is 1.44 bits per heavy atom. The molecule has 1 amide bonds. The maximum absolute atomic E-state index is 17.3. The topological polar surface area (TPSA) is 216 Å². The van der Waals surface area contributed by atoms with Gasteiger partial charge < -0.3 is 29.6 Å². The Labute approximate surface area is 386 Å². The fourth-order valence-corrected chi connectivity index (χ4v) is 11.6. The number of halogens is 4. The molecular weight excluding hydrogens is 941 g/mol. The molecule has 0 atom stereocenters. The SMILES string of the molecule is CN(CCC(=O)On1c(O)ccc1O)C(=O)c1c(F)c(F)c(F)c(F)c1C1=c2cc3c4c(c2Oc2c1cc1c5c2CCCN5C(C)(C)C=C1CS(=O)(=O)O)CCC[N+]=4C(C)(C)C=C3CS(=O)(=O)O. The average Bonchev–Trinajstić information content (AvgIpc) is 3.56. The van der Waals surface area contributed by atoms with Crippen molar-refractivity contribution in [3.8, 4) is 23.3 Å². The fraction of sp³-hybridized carbons (Fsp3) is 0.370. The number of nitrogens with zero attached hydrogens (tertiary/aromatic N) is 4. The smallest absolute Gasteiger partial charge is 0.335 e. The third-order valence-corrected chi connectivity index (χ3v) is 14.5. The number of amides is 1. The molecule has 0 saturated heterocycles. The van der Waals surface area contributed by atoms with Crippen molar-refractivity contribution >= 4 is 54.5 Å². The lowest BCUT2D eigenvalue weighted by Crippen LogP contribution is -2.53. The Hall–Kier alpha value is -6.23. The molecule has 9 rings (SSSR count).